The molecular weight excluding hydrogens is 396 g/mol. The summed E-state index contributed by atoms with van der Waals surface area (Å²) in [7, 11) is -3.67. The van der Waals surface area contributed by atoms with Crippen LogP contribution in [0.4, 0.5) is 11.4 Å². The summed E-state index contributed by atoms with van der Waals surface area (Å²) in [5.41, 5.74) is 4.76. The molecular formula is C24H24N2O3S. The number of amides is 1. The van der Waals surface area contributed by atoms with E-state index in [-0.39, 0.29) is 16.8 Å². The van der Waals surface area contributed by atoms with Gasteiger partial charge in [-0.15, -0.1) is 0 Å². The molecule has 1 atom stereocenters. The molecule has 0 saturated carbocycles. The van der Waals surface area contributed by atoms with Crippen LogP contribution >= 0.6 is 0 Å². The summed E-state index contributed by atoms with van der Waals surface area (Å²) in [5, 5.41) is 2.93. The molecule has 1 amide bonds. The molecule has 0 aliphatic carbocycles. The summed E-state index contributed by atoms with van der Waals surface area (Å²) in [5.74, 6) is -0.209. The highest BCUT2D eigenvalue weighted by molar-refractivity contribution is 7.92. The third-order valence-electron chi connectivity index (χ3n) is 5.47. The topological polar surface area (TPSA) is 66.5 Å². The molecule has 0 radical (unpaired) electrons. The minimum absolute atomic E-state index is 0.209. The Hall–Kier alpha value is -3.12. The van der Waals surface area contributed by atoms with Crippen molar-refractivity contribution in [1.29, 1.82) is 0 Å². The first-order valence-electron chi connectivity index (χ1n) is 9.88. The maximum Gasteiger partial charge on any atom is 0.264 e. The van der Waals surface area contributed by atoms with Crippen LogP contribution in [0.3, 0.4) is 0 Å². The van der Waals surface area contributed by atoms with Crippen LogP contribution in [0, 0.1) is 13.8 Å². The minimum atomic E-state index is -3.67. The van der Waals surface area contributed by atoms with E-state index in [9.17, 15) is 13.2 Å². The molecule has 1 N–H and O–H groups in total. The van der Waals surface area contributed by atoms with Gasteiger partial charge in [0.1, 0.15) is 0 Å². The summed E-state index contributed by atoms with van der Waals surface area (Å²) in [6.45, 7) is 5.75. The van der Waals surface area contributed by atoms with Gasteiger partial charge in [0.15, 0.2) is 0 Å². The van der Waals surface area contributed by atoms with E-state index in [2.05, 4.69) is 5.32 Å². The largest absolute Gasteiger partial charge is 0.322 e. The highest BCUT2D eigenvalue weighted by Crippen LogP contribution is 2.37. The number of nitrogens with one attached hydrogen (secondary N) is 1. The Bertz CT molecular complexity index is 1220. The molecule has 1 aliphatic rings. The molecule has 3 aromatic rings. The van der Waals surface area contributed by atoms with Crippen LogP contribution in [0.5, 0.6) is 0 Å². The van der Waals surface area contributed by atoms with Crippen LogP contribution in [0.2, 0.25) is 0 Å². The van der Waals surface area contributed by atoms with Gasteiger partial charge in [-0.2, -0.15) is 0 Å². The van der Waals surface area contributed by atoms with Crippen LogP contribution < -0.4 is 9.62 Å². The molecule has 3 aromatic carbocycles. The summed E-state index contributed by atoms with van der Waals surface area (Å²) >= 11 is 0. The Labute approximate surface area is 177 Å². The maximum atomic E-state index is 13.3. The molecule has 0 unspecified atom stereocenters. The molecule has 6 heteroatoms. The van der Waals surface area contributed by atoms with Gasteiger partial charge >= 0.3 is 0 Å². The molecule has 0 fully saturated rings. The zero-order chi connectivity index (χ0) is 21.5. The van der Waals surface area contributed by atoms with Crippen molar-refractivity contribution in [2.45, 2.75) is 38.1 Å². The van der Waals surface area contributed by atoms with E-state index in [0.29, 0.717) is 17.7 Å². The number of fused-ring (bicyclic) bond motifs is 1. The maximum absolute atomic E-state index is 13.3. The first-order valence-corrected chi connectivity index (χ1v) is 11.3. The molecule has 0 bridgehead atoms. The average Bonchev–Trinajstić information content (AvgIpc) is 3.05. The van der Waals surface area contributed by atoms with Crippen molar-refractivity contribution in [2.75, 3.05) is 9.62 Å². The van der Waals surface area contributed by atoms with Crippen LogP contribution in [-0.2, 0) is 16.4 Å². The van der Waals surface area contributed by atoms with Crippen molar-refractivity contribution < 1.29 is 13.2 Å². The van der Waals surface area contributed by atoms with Gasteiger partial charge in [-0.3, -0.25) is 9.10 Å². The van der Waals surface area contributed by atoms with Gasteiger partial charge < -0.3 is 5.32 Å². The van der Waals surface area contributed by atoms with Crippen molar-refractivity contribution in [3.63, 3.8) is 0 Å². The number of carbonyl (C=O) groups is 1. The van der Waals surface area contributed by atoms with Crippen LogP contribution in [-0.4, -0.2) is 20.4 Å². The van der Waals surface area contributed by atoms with E-state index in [0.717, 1.165) is 22.4 Å². The quantitative estimate of drug-likeness (QED) is 0.666. The lowest BCUT2D eigenvalue weighted by atomic mass is 10.1. The van der Waals surface area contributed by atoms with Gasteiger partial charge in [0.2, 0.25) is 0 Å². The lowest BCUT2D eigenvalue weighted by molar-refractivity contribution is 0.102. The summed E-state index contributed by atoms with van der Waals surface area (Å²) in [6, 6.07) is 19.5. The van der Waals surface area contributed by atoms with E-state index < -0.39 is 10.0 Å². The Morgan fingerprint density at radius 2 is 1.70 bits per heavy atom. The average molecular weight is 421 g/mol. The number of sulfonamides is 1. The molecule has 1 heterocycles. The van der Waals surface area contributed by atoms with Gasteiger partial charge in [0.05, 0.1) is 10.6 Å². The van der Waals surface area contributed by atoms with E-state index in [1.807, 2.05) is 45.0 Å². The van der Waals surface area contributed by atoms with Crippen LogP contribution in [0.1, 0.15) is 34.0 Å². The lowest BCUT2D eigenvalue weighted by Crippen LogP contribution is -2.35. The standard InChI is InChI=1S/C24H24N2O3S/c1-16-8-11-21(12-9-16)30(28,29)26-18(3)14-20-15-19(10-13-23(20)26)24(27)25-22-7-5-4-6-17(22)2/h4-13,15,18H,14H2,1-3H3,(H,25,27)/t18-/m0/s1. The predicted molar refractivity (Wildman–Crippen MR) is 120 cm³/mol. The van der Waals surface area contributed by atoms with Gasteiger partial charge in [-0.1, -0.05) is 35.9 Å². The van der Waals surface area contributed by atoms with E-state index in [1.54, 1.807) is 42.5 Å². The van der Waals surface area contributed by atoms with Gasteiger partial charge in [0.25, 0.3) is 15.9 Å². The monoisotopic (exact) mass is 420 g/mol. The molecule has 154 valence electrons. The molecule has 1 aliphatic heterocycles. The number of anilines is 2. The number of hydrogen-bond acceptors (Lipinski definition) is 3. The number of rotatable bonds is 4. The number of carbonyl (C=O) groups excluding carboxylic acids is 1. The molecule has 0 saturated heterocycles. The Morgan fingerprint density at radius 1 is 1.00 bits per heavy atom. The van der Waals surface area contributed by atoms with Crippen molar-refractivity contribution in [3.8, 4) is 0 Å². The molecule has 4 rings (SSSR count). The SMILES string of the molecule is Cc1ccc(S(=O)(=O)N2c3ccc(C(=O)Nc4ccccc4C)cc3C[C@@H]2C)cc1. The second-order valence-electron chi connectivity index (χ2n) is 7.78. The predicted octanol–water partition coefficient (Wildman–Crippen LogP) is 4.70. The van der Waals surface area contributed by atoms with E-state index in [1.165, 1.54) is 4.31 Å². The fourth-order valence-corrected chi connectivity index (χ4v) is 5.53. The summed E-state index contributed by atoms with van der Waals surface area (Å²) in [4.78, 5) is 13.0. The van der Waals surface area contributed by atoms with Crippen molar-refractivity contribution in [2.24, 2.45) is 0 Å². The van der Waals surface area contributed by atoms with Crippen molar-refractivity contribution >= 4 is 27.3 Å². The molecule has 30 heavy (non-hydrogen) atoms. The molecule has 0 spiro atoms. The lowest BCUT2D eigenvalue weighted by Gasteiger charge is -2.24. The third-order valence-corrected chi connectivity index (χ3v) is 7.41. The number of benzene rings is 3. The third kappa shape index (κ3) is 3.59. The number of hydrogen-bond donors (Lipinski definition) is 1. The van der Waals surface area contributed by atoms with Crippen molar-refractivity contribution in [1.82, 2.24) is 0 Å². The zero-order valence-corrected chi connectivity index (χ0v) is 18.0. The fraction of sp³-hybridized carbons (Fsp3) is 0.208. The normalized spacial score (nSPS) is 15.7. The number of aryl methyl sites for hydroxylation is 2. The number of para-hydroxylation sites is 1. The first-order chi connectivity index (χ1) is 14.3. The number of nitrogens with zero attached hydrogens (tertiary/aromatic N) is 1. The van der Waals surface area contributed by atoms with Crippen LogP contribution in [0.25, 0.3) is 0 Å². The summed E-state index contributed by atoms with van der Waals surface area (Å²) in [6.07, 6.45) is 0.561. The second-order valence-corrected chi connectivity index (χ2v) is 9.59. The Kier molecular flexibility index (Phi) is 5.12. The van der Waals surface area contributed by atoms with E-state index >= 15 is 0 Å². The van der Waals surface area contributed by atoms with E-state index in [4.69, 9.17) is 0 Å². The van der Waals surface area contributed by atoms with Crippen LogP contribution in [0.15, 0.2) is 71.6 Å². The highest BCUT2D eigenvalue weighted by Gasteiger charge is 2.36. The summed E-state index contributed by atoms with van der Waals surface area (Å²) < 4.78 is 28.0. The highest BCUT2D eigenvalue weighted by atomic mass is 32.2. The first kappa shape index (κ1) is 20.2. The Balaban J connectivity index is 1.64. The fourth-order valence-electron chi connectivity index (χ4n) is 3.84. The molecule has 5 nitrogen and oxygen atoms in total. The minimum Gasteiger partial charge on any atom is -0.322 e. The smallest absolute Gasteiger partial charge is 0.264 e. The van der Waals surface area contributed by atoms with Gasteiger partial charge in [0, 0.05) is 17.3 Å². The molecule has 0 aromatic heterocycles. The Morgan fingerprint density at radius 3 is 2.40 bits per heavy atom. The second kappa shape index (κ2) is 7.61. The van der Waals surface area contributed by atoms with Gasteiger partial charge in [-0.05, 0) is 74.7 Å². The van der Waals surface area contributed by atoms with Crippen molar-refractivity contribution in [3.05, 3.63) is 89.0 Å². The zero-order valence-electron chi connectivity index (χ0n) is 17.2. The van der Waals surface area contributed by atoms with Gasteiger partial charge in [-0.25, -0.2) is 8.42 Å².